The van der Waals surface area contributed by atoms with Crippen molar-refractivity contribution in [3.63, 3.8) is 0 Å². The molecule has 0 unspecified atom stereocenters. The van der Waals surface area contributed by atoms with Gasteiger partial charge in [0.25, 0.3) is 12.0 Å². The number of alkyl halides is 2. The molecule has 9 heteroatoms. The highest BCUT2D eigenvalue weighted by Gasteiger charge is 2.20. The van der Waals surface area contributed by atoms with E-state index in [1.807, 2.05) is 24.3 Å². The van der Waals surface area contributed by atoms with E-state index in [0.717, 1.165) is 15.9 Å². The number of H-pyrrole nitrogens is 1. The first kappa shape index (κ1) is 22.0. The number of ether oxygens (including phenoxy) is 2. The average Bonchev–Trinajstić information content (AvgIpc) is 3.27. The van der Waals surface area contributed by atoms with Gasteiger partial charge in [0, 0.05) is 17.7 Å². The number of hydrogen-bond acceptors (Lipinski definition) is 5. The van der Waals surface area contributed by atoms with E-state index in [0.29, 0.717) is 17.1 Å². The molecule has 0 aliphatic heterocycles. The number of halogens is 2. The van der Waals surface area contributed by atoms with Crippen LogP contribution in [0.15, 0.2) is 53.3 Å². The molecule has 2 aromatic carbocycles. The van der Waals surface area contributed by atoms with Crippen LogP contribution in [0.4, 0.5) is 8.78 Å². The van der Waals surface area contributed by atoms with Crippen molar-refractivity contribution in [2.45, 2.75) is 19.9 Å². The van der Waals surface area contributed by atoms with Gasteiger partial charge in [-0.3, -0.25) is 9.36 Å². The minimum absolute atomic E-state index is 0.0388. The van der Waals surface area contributed by atoms with Gasteiger partial charge in [0.1, 0.15) is 23.9 Å². The van der Waals surface area contributed by atoms with Crippen LogP contribution in [0.1, 0.15) is 24.7 Å². The van der Waals surface area contributed by atoms with Gasteiger partial charge in [-0.05, 0) is 49.4 Å². The summed E-state index contributed by atoms with van der Waals surface area (Å²) in [5, 5.41) is 0. The summed E-state index contributed by atoms with van der Waals surface area (Å²) < 4.78 is 38.3. The van der Waals surface area contributed by atoms with Crippen LogP contribution >= 0.6 is 0 Å². The lowest BCUT2D eigenvalue weighted by Crippen LogP contribution is -2.25. The highest BCUT2D eigenvalue weighted by molar-refractivity contribution is 5.75. The van der Waals surface area contributed by atoms with Gasteiger partial charge in [-0.1, -0.05) is 17.9 Å². The fraction of sp³-hybridized carbons (Fsp3) is 0.208. The van der Waals surface area contributed by atoms with Gasteiger partial charge >= 0.3 is 0 Å². The molecular formula is C24H20F2N4O3. The van der Waals surface area contributed by atoms with E-state index in [9.17, 15) is 13.6 Å². The van der Waals surface area contributed by atoms with Crippen molar-refractivity contribution in [3.05, 3.63) is 70.3 Å². The summed E-state index contributed by atoms with van der Waals surface area (Å²) in [6, 6.07) is 14.4. The van der Waals surface area contributed by atoms with Gasteiger partial charge in [0.15, 0.2) is 17.0 Å². The fourth-order valence-electron chi connectivity index (χ4n) is 3.28. The molecule has 0 saturated heterocycles. The molecule has 0 amide bonds. The van der Waals surface area contributed by atoms with Gasteiger partial charge in [-0.15, -0.1) is 0 Å². The van der Waals surface area contributed by atoms with Crippen molar-refractivity contribution >= 4 is 11.2 Å². The van der Waals surface area contributed by atoms with E-state index in [1.54, 1.807) is 38.3 Å². The first-order valence-electron chi connectivity index (χ1n) is 10.1. The van der Waals surface area contributed by atoms with Crippen molar-refractivity contribution < 1.29 is 18.3 Å². The standard InChI is InChI=1S/C24H20F2N4O3/c1-3-30-23(20(25)26)29-22-19(24(30)31)27-21(28-22)16-9-11-17(12-10-16)33-13-5-7-15-6-4-8-18(14-15)32-2/h4,6,8-12,14,20H,3,13H2,1-2H3,(H,27,28). The lowest BCUT2D eigenvalue weighted by Gasteiger charge is -2.07. The summed E-state index contributed by atoms with van der Waals surface area (Å²) in [5.41, 5.74) is 0.950. The number of nitrogens with zero attached hydrogens (tertiary/aromatic N) is 3. The molecule has 1 N–H and O–H groups in total. The predicted octanol–water partition coefficient (Wildman–Crippen LogP) is 4.18. The maximum atomic E-state index is 13.3. The molecule has 0 spiro atoms. The Morgan fingerprint density at radius 2 is 1.91 bits per heavy atom. The Morgan fingerprint density at radius 3 is 2.61 bits per heavy atom. The number of imidazole rings is 1. The Bertz CT molecular complexity index is 1400. The van der Waals surface area contributed by atoms with Crippen molar-refractivity contribution in [1.82, 2.24) is 19.5 Å². The minimum Gasteiger partial charge on any atom is -0.497 e. The highest BCUT2D eigenvalue weighted by Crippen LogP contribution is 2.23. The molecule has 0 saturated carbocycles. The molecule has 4 aromatic rings. The molecule has 33 heavy (non-hydrogen) atoms. The van der Waals surface area contributed by atoms with E-state index in [4.69, 9.17) is 9.47 Å². The summed E-state index contributed by atoms with van der Waals surface area (Å²) >= 11 is 0. The average molecular weight is 450 g/mol. The molecule has 2 aromatic heterocycles. The van der Waals surface area contributed by atoms with Crippen molar-refractivity contribution in [3.8, 4) is 34.7 Å². The van der Waals surface area contributed by atoms with Crippen LogP contribution in [-0.2, 0) is 6.54 Å². The predicted molar refractivity (Wildman–Crippen MR) is 120 cm³/mol. The Labute approximate surface area is 188 Å². The lowest BCUT2D eigenvalue weighted by atomic mass is 10.2. The molecule has 0 radical (unpaired) electrons. The van der Waals surface area contributed by atoms with Crippen molar-refractivity contribution in [1.29, 1.82) is 0 Å². The number of aromatic amines is 1. The topological polar surface area (TPSA) is 82.0 Å². The summed E-state index contributed by atoms with van der Waals surface area (Å²) in [5.74, 6) is 7.05. The van der Waals surface area contributed by atoms with Gasteiger partial charge in [-0.2, -0.15) is 0 Å². The smallest absolute Gasteiger partial charge is 0.295 e. The maximum absolute atomic E-state index is 13.3. The van der Waals surface area contributed by atoms with Crippen LogP contribution < -0.4 is 15.0 Å². The van der Waals surface area contributed by atoms with Crippen LogP contribution in [0.3, 0.4) is 0 Å². The molecule has 0 aliphatic rings. The second kappa shape index (κ2) is 9.53. The zero-order valence-electron chi connectivity index (χ0n) is 17.9. The zero-order chi connectivity index (χ0) is 23.4. The molecule has 7 nitrogen and oxygen atoms in total. The highest BCUT2D eigenvalue weighted by atomic mass is 19.3. The first-order chi connectivity index (χ1) is 16.0. The monoisotopic (exact) mass is 450 g/mol. The molecule has 0 bridgehead atoms. The Morgan fingerprint density at radius 1 is 1.12 bits per heavy atom. The van der Waals surface area contributed by atoms with Gasteiger partial charge in [0.2, 0.25) is 0 Å². The first-order valence-corrected chi connectivity index (χ1v) is 10.1. The van der Waals surface area contributed by atoms with Gasteiger partial charge in [-0.25, -0.2) is 18.7 Å². The third kappa shape index (κ3) is 4.70. The summed E-state index contributed by atoms with van der Waals surface area (Å²) in [6.07, 6.45) is -2.87. The Hall–Kier alpha value is -4.19. The van der Waals surface area contributed by atoms with Gasteiger partial charge < -0.3 is 14.5 Å². The Kier molecular flexibility index (Phi) is 6.36. The SMILES string of the molecule is CCn1c(C(F)F)nc2nc(-c3ccc(OCC#Cc4cccc(OC)c4)cc3)[nH]c2c1=O. The fourth-order valence-corrected chi connectivity index (χ4v) is 3.28. The lowest BCUT2D eigenvalue weighted by molar-refractivity contribution is 0.134. The van der Waals surface area contributed by atoms with Crippen LogP contribution in [0, 0.1) is 11.8 Å². The number of hydrogen-bond donors (Lipinski definition) is 1. The van der Waals surface area contributed by atoms with Crippen LogP contribution in [0.2, 0.25) is 0 Å². The van der Waals surface area contributed by atoms with Crippen molar-refractivity contribution in [2.24, 2.45) is 0 Å². The molecule has 0 atom stereocenters. The van der Waals surface area contributed by atoms with E-state index >= 15 is 0 Å². The van der Waals surface area contributed by atoms with Crippen LogP contribution in [-0.4, -0.2) is 33.2 Å². The molecule has 168 valence electrons. The molecule has 0 fully saturated rings. The maximum Gasteiger partial charge on any atom is 0.295 e. The van der Waals surface area contributed by atoms with E-state index < -0.39 is 17.8 Å². The summed E-state index contributed by atoms with van der Waals surface area (Å²) in [4.78, 5) is 23.5. The second-order valence-corrected chi connectivity index (χ2v) is 6.95. The quantitative estimate of drug-likeness (QED) is 0.446. The molecular weight excluding hydrogens is 430 g/mol. The number of aromatic nitrogens is 4. The van der Waals surface area contributed by atoms with Crippen molar-refractivity contribution in [2.75, 3.05) is 13.7 Å². The number of benzene rings is 2. The molecule has 0 aliphatic carbocycles. The number of nitrogens with one attached hydrogen (secondary N) is 1. The summed E-state index contributed by atoms with van der Waals surface area (Å²) in [7, 11) is 1.60. The number of fused-ring (bicyclic) bond motifs is 1. The third-order valence-corrected chi connectivity index (χ3v) is 4.89. The zero-order valence-corrected chi connectivity index (χ0v) is 17.9. The van der Waals surface area contributed by atoms with E-state index in [-0.39, 0.29) is 24.3 Å². The van der Waals surface area contributed by atoms with E-state index in [2.05, 4.69) is 26.8 Å². The van der Waals surface area contributed by atoms with Crippen LogP contribution in [0.5, 0.6) is 11.5 Å². The van der Waals surface area contributed by atoms with Gasteiger partial charge in [0.05, 0.1) is 7.11 Å². The molecule has 4 rings (SSSR count). The van der Waals surface area contributed by atoms with E-state index in [1.165, 1.54) is 0 Å². The third-order valence-electron chi connectivity index (χ3n) is 4.89. The Balaban J connectivity index is 1.50. The molecule has 2 heterocycles. The summed E-state index contributed by atoms with van der Waals surface area (Å²) in [6.45, 7) is 1.89. The largest absolute Gasteiger partial charge is 0.497 e. The number of methoxy groups -OCH3 is 1. The van der Waals surface area contributed by atoms with Crippen LogP contribution in [0.25, 0.3) is 22.6 Å². The second-order valence-electron chi connectivity index (χ2n) is 6.95. The normalized spacial score (nSPS) is 10.8. The minimum atomic E-state index is -2.87. The number of rotatable bonds is 6.